The van der Waals surface area contributed by atoms with E-state index >= 15 is 0 Å². The molecular formula is C21H18FNO. The fraction of sp³-hybridized carbons (Fsp3) is 0.190. The molecular weight excluding hydrogens is 301 g/mol. The Morgan fingerprint density at radius 3 is 2.58 bits per heavy atom. The number of hydrogen-bond acceptors (Lipinski definition) is 1. The third-order valence-corrected chi connectivity index (χ3v) is 4.82. The van der Waals surface area contributed by atoms with Crippen molar-refractivity contribution in [2.45, 2.75) is 25.8 Å². The van der Waals surface area contributed by atoms with E-state index in [0.717, 1.165) is 23.8 Å². The first-order valence-corrected chi connectivity index (χ1v) is 8.23. The van der Waals surface area contributed by atoms with Crippen LogP contribution < -0.4 is 5.32 Å². The van der Waals surface area contributed by atoms with E-state index in [1.807, 2.05) is 31.2 Å². The lowest BCUT2D eigenvalue weighted by Gasteiger charge is -2.16. The molecule has 0 saturated carbocycles. The van der Waals surface area contributed by atoms with Crippen LogP contribution in [-0.2, 0) is 12.8 Å². The molecule has 0 saturated heterocycles. The largest absolute Gasteiger partial charge is 0.345 e. The molecule has 3 aromatic rings. The standard InChI is InChI=1S/C21H18FNO/c1-13(16-5-2-6-17(22)12-16)23-21(24)19-11-10-15-9-8-14-4-3-7-18(19)20(14)15/h2-7,10-13H,8-9H2,1H3,(H,23,24). The Balaban J connectivity index is 1.67. The minimum Gasteiger partial charge on any atom is -0.345 e. The quantitative estimate of drug-likeness (QED) is 0.753. The molecule has 0 radical (unpaired) electrons. The Labute approximate surface area is 140 Å². The molecule has 1 amide bonds. The molecule has 1 N–H and O–H groups in total. The second kappa shape index (κ2) is 5.75. The number of hydrogen-bond donors (Lipinski definition) is 1. The van der Waals surface area contributed by atoms with Gasteiger partial charge in [0, 0.05) is 5.56 Å². The maximum absolute atomic E-state index is 13.4. The van der Waals surface area contributed by atoms with Crippen molar-refractivity contribution in [3.8, 4) is 0 Å². The fourth-order valence-electron chi connectivity index (χ4n) is 3.58. The Bertz CT molecular complexity index is 937. The number of rotatable bonds is 3. The molecule has 3 aromatic carbocycles. The van der Waals surface area contributed by atoms with Crippen LogP contribution in [0.4, 0.5) is 4.39 Å². The summed E-state index contributed by atoms with van der Waals surface area (Å²) in [7, 11) is 0. The van der Waals surface area contributed by atoms with E-state index in [-0.39, 0.29) is 17.8 Å². The van der Waals surface area contributed by atoms with E-state index in [9.17, 15) is 9.18 Å². The van der Waals surface area contributed by atoms with Gasteiger partial charge in [-0.3, -0.25) is 4.79 Å². The van der Waals surface area contributed by atoms with Crippen LogP contribution in [0.5, 0.6) is 0 Å². The van der Waals surface area contributed by atoms with Crippen molar-refractivity contribution in [3.63, 3.8) is 0 Å². The summed E-state index contributed by atoms with van der Waals surface area (Å²) in [4.78, 5) is 12.8. The summed E-state index contributed by atoms with van der Waals surface area (Å²) in [6.45, 7) is 1.87. The van der Waals surface area contributed by atoms with Gasteiger partial charge in [0.2, 0.25) is 0 Å². The summed E-state index contributed by atoms with van der Waals surface area (Å²) in [5, 5.41) is 5.22. The van der Waals surface area contributed by atoms with E-state index in [1.54, 1.807) is 6.07 Å². The van der Waals surface area contributed by atoms with Crippen molar-refractivity contribution >= 4 is 16.7 Å². The van der Waals surface area contributed by atoms with Crippen LogP contribution >= 0.6 is 0 Å². The molecule has 1 atom stereocenters. The topological polar surface area (TPSA) is 29.1 Å². The van der Waals surface area contributed by atoms with E-state index in [1.165, 1.54) is 28.6 Å². The van der Waals surface area contributed by atoms with E-state index in [0.29, 0.717) is 5.56 Å². The summed E-state index contributed by atoms with van der Waals surface area (Å²) < 4.78 is 13.4. The Morgan fingerprint density at radius 1 is 1.04 bits per heavy atom. The second-order valence-corrected chi connectivity index (χ2v) is 6.36. The van der Waals surface area contributed by atoms with Crippen molar-refractivity contribution in [2.24, 2.45) is 0 Å². The number of benzene rings is 3. The van der Waals surface area contributed by atoms with Crippen molar-refractivity contribution in [1.82, 2.24) is 5.32 Å². The second-order valence-electron chi connectivity index (χ2n) is 6.36. The summed E-state index contributed by atoms with van der Waals surface area (Å²) in [5.41, 5.74) is 4.07. The maximum atomic E-state index is 13.4. The lowest BCUT2D eigenvalue weighted by molar-refractivity contribution is 0.0941. The number of carbonyl (C=O) groups excluding carboxylic acids is 1. The average molecular weight is 319 g/mol. The van der Waals surface area contributed by atoms with Crippen LogP contribution in [0.2, 0.25) is 0 Å². The molecule has 3 heteroatoms. The highest BCUT2D eigenvalue weighted by Gasteiger charge is 2.19. The maximum Gasteiger partial charge on any atom is 0.252 e. The van der Waals surface area contributed by atoms with Crippen LogP contribution in [0.25, 0.3) is 10.8 Å². The number of carbonyl (C=O) groups is 1. The average Bonchev–Trinajstić information content (AvgIpc) is 3.00. The number of amides is 1. The smallest absolute Gasteiger partial charge is 0.252 e. The predicted octanol–water partition coefficient (Wildman–Crippen LogP) is 4.57. The zero-order valence-electron chi connectivity index (χ0n) is 13.5. The van der Waals surface area contributed by atoms with Gasteiger partial charge < -0.3 is 5.32 Å². The number of nitrogens with one attached hydrogen (secondary N) is 1. The molecule has 0 fully saturated rings. The molecule has 0 aliphatic heterocycles. The third-order valence-electron chi connectivity index (χ3n) is 4.82. The highest BCUT2D eigenvalue weighted by Crippen LogP contribution is 2.33. The van der Waals surface area contributed by atoms with Crippen molar-refractivity contribution in [1.29, 1.82) is 0 Å². The molecule has 1 aliphatic rings. The van der Waals surface area contributed by atoms with Gasteiger partial charge >= 0.3 is 0 Å². The molecule has 4 rings (SSSR count). The summed E-state index contributed by atoms with van der Waals surface area (Å²) in [6.07, 6.45) is 2.08. The summed E-state index contributed by atoms with van der Waals surface area (Å²) >= 11 is 0. The van der Waals surface area contributed by atoms with Gasteiger partial charge in [0.15, 0.2) is 0 Å². The van der Waals surface area contributed by atoms with Gasteiger partial charge in [0.05, 0.1) is 6.04 Å². The Morgan fingerprint density at radius 2 is 1.79 bits per heavy atom. The van der Waals surface area contributed by atoms with Crippen molar-refractivity contribution in [3.05, 3.63) is 82.7 Å². The highest BCUT2D eigenvalue weighted by molar-refractivity contribution is 6.09. The van der Waals surface area contributed by atoms with Gasteiger partial charge in [-0.15, -0.1) is 0 Å². The van der Waals surface area contributed by atoms with Gasteiger partial charge in [-0.2, -0.15) is 0 Å². The normalized spacial score (nSPS) is 13.9. The molecule has 0 bridgehead atoms. The van der Waals surface area contributed by atoms with Crippen LogP contribution in [-0.4, -0.2) is 5.91 Å². The van der Waals surface area contributed by atoms with Gasteiger partial charge in [-0.05, 0) is 65.4 Å². The Hall–Kier alpha value is -2.68. The summed E-state index contributed by atoms with van der Waals surface area (Å²) in [6, 6.07) is 16.2. The highest BCUT2D eigenvalue weighted by atomic mass is 19.1. The Kier molecular flexibility index (Phi) is 3.57. The third kappa shape index (κ3) is 2.46. The van der Waals surface area contributed by atoms with Crippen molar-refractivity contribution in [2.75, 3.05) is 0 Å². The minimum atomic E-state index is -0.293. The summed E-state index contributed by atoms with van der Waals surface area (Å²) in [5.74, 6) is -0.415. The van der Waals surface area contributed by atoms with Gasteiger partial charge in [-0.25, -0.2) is 4.39 Å². The zero-order chi connectivity index (χ0) is 16.7. The molecule has 1 aliphatic carbocycles. The lowest BCUT2D eigenvalue weighted by atomic mass is 9.99. The number of aryl methyl sites for hydroxylation is 2. The van der Waals surface area contributed by atoms with Gasteiger partial charge in [-0.1, -0.05) is 36.4 Å². The van der Waals surface area contributed by atoms with E-state index in [4.69, 9.17) is 0 Å². The minimum absolute atomic E-state index is 0.123. The SMILES string of the molecule is CC(NC(=O)c1ccc2c3c(cccc13)CC2)c1cccc(F)c1. The molecule has 1 unspecified atom stereocenters. The molecule has 0 aromatic heterocycles. The first-order valence-electron chi connectivity index (χ1n) is 8.23. The van der Waals surface area contributed by atoms with Gasteiger partial charge in [0.1, 0.15) is 5.82 Å². The van der Waals surface area contributed by atoms with Crippen LogP contribution in [0.3, 0.4) is 0 Å². The van der Waals surface area contributed by atoms with Crippen LogP contribution in [0.15, 0.2) is 54.6 Å². The van der Waals surface area contributed by atoms with Crippen LogP contribution in [0, 0.1) is 5.82 Å². The first kappa shape index (κ1) is 14.9. The predicted molar refractivity (Wildman–Crippen MR) is 93.6 cm³/mol. The molecule has 120 valence electrons. The van der Waals surface area contributed by atoms with Gasteiger partial charge in [0.25, 0.3) is 5.91 Å². The molecule has 24 heavy (non-hydrogen) atoms. The molecule has 2 nitrogen and oxygen atoms in total. The zero-order valence-corrected chi connectivity index (χ0v) is 13.5. The number of halogens is 1. The van der Waals surface area contributed by atoms with E-state index in [2.05, 4.69) is 17.4 Å². The monoisotopic (exact) mass is 319 g/mol. The van der Waals surface area contributed by atoms with E-state index < -0.39 is 0 Å². The fourth-order valence-corrected chi connectivity index (χ4v) is 3.58. The molecule has 0 heterocycles. The lowest BCUT2D eigenvalue weighted by Crippen LogP contribution is -2.26. The first-order chi connectivity index (χ1) is 11.6. The van der Waals surface area contributed by atoms with Crippen molar-refractivity contribution < 1.29 is 9.18 Å². The molecule has 0 spiro atoms. The van der Waals surface area contributed by atoms with Crippen LogP contribution in [0.1, 0.15) is 40.0 Å².